The van der Waals surface area contributed by atoms with Gasteiger partial charge in [-0.05, 0) is 24.3 Å². The van der Waals surface area contributed by atoms with Crippen molar-refractivity contribution in [2.75, 3.05) is 13.2 Å². The van der Waals surface area contributed by atoms with E-state index in [0.29, 0.717) is 12.1 Å². The maximum absolute atomic E-state index is 12.0. The van der Waals surface area contributed by atoms with E-state index in [-0.39, 0.29) is 17.9 Å². The van der Waals surface area contributed by atoms with Crippen LogP contribution >= 0.6 is 0 Å². The van der Waals surface area contributed by atoms with Crippen LogP contribution in [0.3, 0.4) is 0 Å². The molecule has 1 amide bonds. The summed E-state index contributed by atoms with van der Waals surface area (Å²) in [7, 11) is 0. The van der Waals surface area contributed by atoms with Crippen molar-refractivity contribution in [3.8, 4) is 5.69 Å². The van der Waals surface area contributed by atoms with Gasteiger partial charge in [0.2, 0.25) is 0 Å². The number of aromatic nitrogens is 2. The summed E-state index contributed by atoms with van der Waals surface area (Å²) in [6, 6.07) is 7.29. The lowest BCUT2D eigenvalue weighted by atomic mass is 9.95. The molecule has 20 heavy (non-hydrogen) atoms. The van der Waals surface area contributed by atoms with Gasteiger partial charge < -0.3 is 15.0 Å². The van der Waals surface area contributed by atoms with Gasteiger partial charge in [0.25, 0.3) is 5.91 Å². The molecule has 0 aliphatic heterocycles. The van der Waals surface area contributed by atoms with E-state index in [1.807, 2.05) is 36.7 Å². The molecular weight excluding hydrogens is 254 g/mol. The third-order valence-electron chi connectivity index (χ3n) is 3.09. The van der Waals surface area contributed by atoms with Gasteiger partial charge in [-0.15, -0.1) is 0 Å². The molecule has 0 saturated carbocycles. The predicted molar refractivity (Wildman–Crippen MR) is 76.8 cm³/mol. The molecule has 0 aliphatic carbocycles. The molecule has 0 atom stereocenters. The summed E-state index contributed by atoms with van der Waals surface area (Å²) >= 11 is 0. The fraction of sp³-hybridized carbons (Fsp3) is 0.333. The topological polar surface area (TPSA) is 67.2 Å². The number of hydrogen-bond acceptors (Lipinski definition) is 3. The van der Waals surface area contributed by atoms with Gasteiger partial charge in [0.15, 0.2) is 0 Å². The van der Waals surface area contributed by atoms with Crippen molar-refractivity contribution in [3.63, 3.8) is 0 Å². The Labute approximate surface area is 118 Å². The Morgan fingerprint density at radius 2 is 2.05 bits per heavy atom. The first-order valence-electron chi connectivity index (χ1n) is 6.49. The minimum atomic E-state index is -0.313. The molecular formula is C15H19N3O2. The van der Waals surface area contributed by atoms with Crippen LogP contribution in [0.4, 0.5) is 0 Å². The molecule has 2 aromatic rings. The molecule has 5 nitrogen and oxygen atoms in total. The molecule has 0 aliphatic rings. The van der Waals surface area contributed by atoms with Crippen molar-refractivity contribution in [2.45, 2.75) is 13.8 Å². The molecule has 0 radical (unpaired) electrons. The number of hydrogen-bond donors (Lipinski definition) is 2. The van der Waals surface area contributed by atoms with Gasteiger partial charge in [-0.3, -0.25) is 4.79 Å². The van der Waals surface area contributed by atoms with Gasteiger partial charge >= 0.3 is 0 Å². The fourth-order valence-corrected chi connectivity index (χ4v) is 1.67. The highest BCUT2D eigenvalue weighted by Crippen LogP contribution is 2.13. The number of aliphatic hydroxyl groups is 1. The van der Waals surface area contributed by atoms with E-state index in [4.69, 9.17) is 5.11 Å². The van der Waals surface area contributed by atoms with Gasteiger partial charge in [-0.25, -0.2) is 4.98 Å². The molecule has 1 aromatic heterocycles. The van der Waals surface area contributed by atoms with Crippen LogP contribution in [0.15, 0.2) is 43.0 Å². The van der Waals surface area contributed by atoms with Crippen molar-refractivity contribution in [1.29, 1.82) is 0 Å². The van der Waals surface area contributed by atoms with E-state index in [1.165, 1.54) is 0 Å². The summed E-state index contributed by atoms with van der Waals surface area (Å²) in [6.45, 7) is 4.27. The lowest BCUT2D eigenvalue weighted by Crippen LogP contribution is -2.36. The number of benzene rings is 1. The van der Waals surface area contributed by atoms with E-state index in [2.05, 4.69) is 10.3 Å². The molecule has 0 bridgehead atoms. The van der Waals surface area contributed by atoms with Crippen LogP contribution < -0.4 is 5.32 Å². The Hall–Kier alpha value is -2.14. The summed E-state index contributed by atoms with van der Waals surface area (Å²) < 4.78 is 1.87. The fourth-order valence-electron chi connectivity index (χ4n) is 1.67. The van der Waals surface area contributed by atoms with Crippen molar-refractivity contribution in [2.24, 2.45) is 5.41 Å². The number of amides is 1. The number of carbonyl (C=O) groups excluding carboxylic acids is 1. The SMILES string of the molecule is CC(C)(CO)CNC(=O)c1ccc(-n2ccnc2)cc1. The van der Waals surface area contributed by atoms with Gasteiger partial charge in [-0.1, -0.05) is 13.8 Å². The van der Waals surface area contributed by atoms with Gasteiger partial charge in [-0.2, -0.15) is 0 Å². The van der Waals surface area contributed by atoms with Crippen LogP contribution in [0.2, 0.25) is 0 Å². The molecule has 2 N–H and O–H groups in total. The Kier molecular flexibility index (Phi) is 4.20. The molecule has 0 fully saturated rings. The van der Waals surface area contributed by atoms with E-state index < -0.39 is 0 Å². The first kappa shape index (κ1) is 14.3. The quantitative estimate of drug-likeness (QED) is 0.870. The maximum Gasteiger partial charge on any atom is 0.251 e. The highest BCUT2D eigenvalue weighted by molar-refractivity contribution is 5.94. The zero-order chi connectivity index (χ0) is 14.6. The zero-order valence-corrected chi connectivity index (χ0v) is 11.7. The minimum Gasteiger partial charge on any atom is -0.396 e. The highest BCUT2D eigenvalue weighted by atomic mass is 16.3. The number of rotatable bonds is 5. The first-order valence-corrected chi connectivity index (χ1v) is 6.49. The predicted octanol–water partition coefficient (Wildman–Crippen LogP) is 1.62. The lowest BCUT2D eigenvalue weighted by Gasteiger charge is -2.21. The lowest BCUT2D eigenvalue weighted by molar-refractivity contribution is 0.0911. The molecule has 2 rings (SSSR count). The first-order chi connectivity index (χ1) is 9.52. The number of nitrogens with one attached hydrogen (secondary N) is 1. The Bertz CT molecular complexity index is 559. The third kappa shape index (κ3) is 3.45. The van der Waals surface area contributed by atoms with Crippen LogP contribution in [-0.4, -0.2) is 33.7 Å². The largest absolute Gasteiger partial charge is 0.396 e. The van der Waals surface area contributed by atoms with Crippen molar-refractivity contribution < 1.29 is 9.90 Å². The van der Waals surface area contributed by atoms with Gasteiger partial charge in [0.1, 0.15) is 0 Å². The van der Waals surface area contributed by atoms with Crippen LogP contribution in [-0.2, 0) is 0 Å². The molecule has 0 saturated heterocycles. The van der Waals surface area contributed by atoms with Crippen LogP contribution in [0.25, 0.3) is 5.69 Å². The molecule has 5 heteroatoms. The summed E-state index contributed by atoms with van der Waals surface area (Å²) in [5.74, 6) is -0.135. The zero-order valence-electron chi connectivity index (χ0n) is 11.7. The standard InChI is InChI=1S/C15H19N3O2/c1-15(2,10-19)9-17-14(20)12-3-5-13(6-4-12)18-8-7-16-11-18/h3-8,11,19H,9-10H2,1-2H3,(H,17,20). The highest BCUT2D eigenvalue weighted by Gasteiger charge is 2.17. The third-order valence-corrected chi connectivity index (χ3v) is 3.09. The molecule has 1 aromatic carbocycles. The summed E-state index contributed by atoms with van der Waals surface area (Å²) in [4.78, 5) is 16.0. The van der Waals surface area contributed by atoms with E-state index in [0.717, 1.165) is 5.69 Å². The Morgan fingerprint density at radius 1 is 1.35 bits per heavy atom. The second-order valence-corrected chi connectivity index (χ2v) is 5.52. The van der Waals surface area contributed by atoms with Crippen LogP contribution in [0.5, 0.6) is 0 Å². The van der Waals surface area contributed by atoms with Gasteiger partial charge in [0, 0.05) is 42.2 Å². The monoisotopic (exact) mass is 273 g/mol. The number of aliphatic hydroxyl groups excluding tert-OH is 1. The van der Waals surface area contributed by atoms with Crippen LogP contribution in [0, 0.1) is 5.41 Å². The molecule has 0 spiro atoms. The minimum absolute atomic E-state index is 0.0346. The van der Waals surface area contributed by atoms with Crippen LogP contribution in [0.1, 0.15) is 24.2 Å². The van der Waals surface area contributed by atoms with E-state index in [9.17, 15) is 4.79 Å². The maximum atomic E-state index is 12.0. The van der Waals surface area contributed by atoms with Crippen molar-refractivity contribution in [1.82, 2.24) is 14.9 Å². The second-order valence-electron chi connectivity index (χ2n) is 5.52. The van der Waals surface area contributed by atoms with Gasteiger partial charge in [0.05, 0.1) is 6.33 Å². The number of carbonyl (C=O) groups is 1. The summed E-state index contributed by atoms with van der Waals surface area (Å²) in [6.07, 6.45) is 5.26. The molecule has 1 heterocycles. The molecule has 106 valence electrons. The molecule has 0 unspecified atom stereocenters. The average molecular weight is 273 g/mol. The van der Waals surface area contributed by atoms with Crippen molar-refractivity contribution in [3.05, 3.63) is 48.5 Å². The average Bonchev–Trinajstić information content (AvgIpc) is 2.99. The normalized spacial score (nSPS) is 11.3. The number of nitrogens with zero attached hydrogens (tertiary/aromatic N) is 2. The summed E-state index contributed by atoms with van der Waals surface area (Å²) in [5.41, 5.74) is 1.24. The number of imidazole rings is 1. The Balaban J connectivity index is 2.01. The second kappa shape index (κ2) is 5.88. The Morgan fingerprint density at radius 3 is 2.60 bits per heavy atom. The van der Waals surface area contributed by atoms with Crippen molar-refractivity contribution >= 4 is 5.91 Å². The van der Waals surface area contributed by atoms with E-state index in [1.54, 1.807) is 24.7 Å². The smallest absolute Gasteiger partial charge is 0.251 e. The van der Waals surface area contributed by atoms with E-state index >= 15 is 0 Å². The summed E-state index contributed by atoms with van der Waals surface area (Å²) in [5, 5.41) is 12.0.